The molecule has 0 fully saturated rings. The summed E-state index contributed by atoms with van der Waals surface area (Å²) in [7, 11) is 0. The molecule has 0 radical (unpaired) electrons. The van der Waals surface area contributed by atoms with Gasteiger partial charge in [-0.15, -0.1) is 0 Å². The van der Waals surface area contributed by atoms with Crippen LogP contribution in [0, 0.1) is 5.92 Å². The molecule has 0 aliphatic heterocycles. The summed E-state index contributed by atoms with van der Waals surface area (Å²) < 4.78 is 0. The number of benzene rings is 1. The number of nitrogens with one attached hydrogen (secondary N) is 1. The second-order valence-corrected chi connectivity index (χ2v) is 4.80. The van der Waals surface area contributed by atoms with E-state index in [1.54, 1.807) is 6.92 Å². The van der Waals surface area contributed by atoms with Gasteiger partial charge in [-0.2, -0.15) is 0 Å². The molecule has 0 aliphatic carbocycles. The van der Waals surface area contributed by atoms with Crippen LogP contribution in [-0.4, -0.2) is 11.8 Å². The smallest absolute Gasteiger partial charge is 0.227 e. The van der Waals surface area contributed by atoms with E-state index >= 15 is 0 Å². The van der Waals surface area contributed by atoms with E-state index in [1.807, 2.05) is 24.3 Å². The van der Waals surface area contributed by atoms with Gasteiger partial charge in [-0.05, 0) is 17.5 Å². The third-order valence-electron chi connectivity index (χ3n) is 2.80. The van der Waals surface area contributed by atoms with E-state index in [1.165, 1.54) is 0 Å². The number of carbonyl (C=O) groups excluding carboxylic acids is 2. The average Bonchev–Trinajstić information content (AvgIpc) is 2.28. The second-order valence-electron chi connectivity index (χ2n) is 4.80. The first kappa shape index (κ1) is 14.2. The van der Waals surface area contributed by atoms with Gasteiger partial charge in [0.1, 0.15) is 0 Å². The van der Waals surface area contributed by atoms with Gasteiger partial charge in [0, 0.05) is 18.0 Å². The molecule has 0 spiro atoms. The van der Waals surface area contributed by atoms with Gasteiger partial charge in [0.05, 0.1) is 0 Å². The largest absolute Gasteiger partial charge is 0.370 e. The minimum atomic E-state index is -0.463. The molecule has 3 N–H and O–H groups in total. The molecule has 1 aromatic carbocycles. The maximum atomic E-state index is 11.9. The number of hydrogen-bond acceptors (Lipinski definition) is 2. The van der Waals surface area contributed by atoms with Crippen molar-refractivity contribution in [1.29, 1.82) is 0 Å². The fourth-order valence-electron chi connectivity index (χ4n) is 1.76. The normalized spacial score (nSPS) is 12.2. The summed E-state index contributed by atoms with van der Waals surface area (Å²) >= 11 is 0. The van der Waals surface area contributed by atoms with E-state index in [4.69, 9.17) is 5.73 Å². The number of carbonyl (C=O) groups is 2. The molecular formula is C14H20N2O2. The van der Waals surface area contributed by atoms with Crippen molar-refractivity contribution in [2.75, 3.05) is 5.32 Å². The standard InChI is InChI=1S/C14H20N2O2/c1-9(2)11-6-4-5-7-12(11)16-14(18)10(3)8-13(15)17/h4-7,9-10H,8H2,1-3H3,(H2,15,17)(H,16,18). The first-order valence-corrected chi connectivity index (χ1v) is 6.10. The van der Waals surface area contributed by atoms with Gasteiger partial charge < -0.3 is 11.1 Å². The number of nitrogens with two attached hydrogens (primary N) is 1. The second kappa shape index (κ2) is 6.19. The lowest BCUT2D eigenvalue weighted by atomic mass is 10.0. The molecule has 98 valence electrons. The van der Waals surface area contributed by atoms with E-state index in [2.05, 4.69) is 19.2 Å². The summed E-state index contributed by atoms with van der Waals surface area (Å²) in [4.78, 5) is 22.7. The Labute approximate surface area is 108 Å². The van der Waals surface area contributed by atoms with Gasteiger partial charge >= 0.3 is 0 Å². The molecule has 1 rings (SSSR count). The molecule has 0 saturated heterocycles. The zero-order valence-corrected chi connectivity index (χ0v) is 11.1. The monoisotopic (exact) mass is 248 g/mol. The molecule has 2 amide bonds. The van der Waals surface area contributed by atoms with Crippen molar-refractivity contribution >= 4 is 17.5 Å². The molecular weight excluding hydrogens is 228 g/mol. The first-order chi connectivity index (χ1) is 8.41. The Morgan fingerprint density at radius 2 is 1.83 bits per heavy atom. The van der Waals surface area contributed by atoms with Gasteiger partial charge in [0.2, 0.25) is 11.8 Å². The quantitative estimate of drug-likeness (QED) is 0.839. The van der Waals surface area contributed by atoms with Gasteiger partial charge in [0.25, 0.3) is 0 Å². The number of anilines is 1. The van der Waals surface area contributed by atoms with Crippen molar-refractivity contribution < 1.29 is 9.59 Å². The Hall–Kier alpha value is -1.84. The van der Waals surface area contributed by atoms with Crippen LogP contribution in [0.1, 0.15) is 38.7 Å². The molecule has 0 heterocycles. The maximum absolute atomic E-state index is 11.9. The molecule has 0 aromatic heterocycles. The molecule has 1 unspecified atom stereocenters. The lowest BCUT2D eigenvalue weighted by Crippen LogP contribution is -2.26. The van der Waals surface area contributed by atoms with E-state index in [9.17, 15) is 9.59 Å². The molecule has 1 aromatic rings. The van der Waals surface area contributed by atoms with Crippen LogP contribution in [-0.2, 0) is 9.59 Å². The number of para-hydroxylation sites is 1. The fourth-order valence-corrected chi connectivity index (χ4v) is 1.76. The van der Waals surface area contributed by atoms with Crippen LogP contribution in [0.4, 0.5) is 5.69 Å². The van der Waals surface area contributed by atoms with E-state index in [0.717, 1.165) is 11.3 Å². The summed E-state index contributed by atoms with van der Waals surface area (Å²) in [6.07, 6.45) is 0.0652. The molecule has 0 saturated carbocycles. The van der Waals surface area contributed by atoms with E-state index in [-0.39, 0.29) is 12.3 Å². The molecule has 4 heteroatoms. The Balaban J connectivity index is 2.78. The van der Waals surface area contributed by atoms with Crippen molar-refractivity contribution in [2.45, 2.75) is 33.1 Å². The number of amides is 2. The third kappa shape index (κ3) is 3.87. The number of primary amides is 1. The SMILES string of the molecule is CC(CC(N)=O)C(=O)Nc1ccccc1C(C)C. The average molecular weight is 248 g/mol. The van der Waals surface area contributed by atoms with Crippen LogP contribution in [0.15, 0.2) is 24.3 Å². The highest BCUT2D eigenvalue weighted by Gasteiger charge is 2.17. The van der Waals surface area contributed by atoms with Crippen molar-refractivity contribution in [1.82, 2.24) is 0 Å². The maximum Gasteiger partial charge on any atom is 0.227 e. The molecule has 18 heavy (non-hydrogen) atoms. The summed E-state index contributed by atoms with van der Waals surface area (Å²) in [5.74, 6) is -0.729. The summed E-state index contributed by atoms with van der Waals surface area (Å²) in [5.41, 5.74) is 6.96. The first-order valence-electron chi connectivity index (χ1n) is 6.10. The predicted molar refractivity (Wildman–Crippen MR) is 72.1 cm³/mol. The van der Waals surface area contributed by atoms with Gasteiger partial charge in [-0.1, -0.05) is 39.0 Å². The zero-order chi connectivity index (χ0) is 13.7. The van der Waals surface area contributed by atoms with Crippen LogP contribution in [0.3, 0.4) is 0 Å². The summed E-state index contributed by atoms with van der Waals surface area (Å²) in [6, 6.07) is 7.67. The Morgan fingerprint density at radius 3 is 2.39 bits per heavy atom. The Bertz CT molecular complexity index is 441. The molecule has 1 atom stereocenters. The fraction of sp³-hybridized carbons (Fsp3) is 0.429. The highest BCUT2D eigenvalue weighted by Crippen LogP contribution is 2.24. The Morgan fingerprint density at radius 1 is 1.22 bits per heavy atom. The van der Waals surface area contributed by atoms with Crippen molar-refractivity contribution in [3.05, 3.63) is 29.8 Å². The summed E-state index contributed by atoms with van der Waals surface area (Å²) in [5, 5.41) is 2.85. The number of hydrogen-bond donors (Lipinski definition) is 2. The highest BCUT2D eigenvalue weighted by molar-refractivity contribution is 5.95. The topological polar surface area (TPSA) is 72.2 Å². The van der Waals surface area contributed by atoms with Gasteiger partial charge in [-0.3, -0.25) is 9.59 Å². The van der Waals surface area contributed by atoms with Crippen LogP contribution >= 0.6 is 0 Å². The summed E-state index contributed by atoms with van der Waals surface area (Å²) in [6.45, 7) is 5.83. The molecule has 0 aliphatic rings. The molecule has 4 nitrogen and oxygen atoms in total. The van der Waals surface area contributed by atoms with E-state index < -0.39 is 11.8 Å². The van der Waals surface area contributed by atoms with E-state index in [0.29, 0.717) is 5.92 Å². The lowest BCUT2D eigenvalue weighted by Gasteiger charge is -2.15. The predicted octanol–water partition coefficient (Wildman–Crippen LogP) is 2.26. The zero-order valence-electron chi connectivity index (χ0n) is 11.1. The highest BCUT2D eigenvalue weighted by atomic mass is 16.2. The van der Waals surface area contributed by atoms with Crippen molar-refractivity contribution in [2.24, 2.45) is 11.7 Å². The van der Waals surface area contributed by atoms with Crippen LogP contribution in [0.25, 0.3) is 0 Å². The van der Waals surface area contributed by atoms with Crippen molar-refractivity contribution in [3.8, 4) is 0 Å². The third-order valence-corrected chi connectivity index (χ3v) is 2.80. The minimum absolute atomic E-state index is 0.0652. The van der Waals surface area contributed by atoms with Crippen molar-refractivity contribution in [3.63, 3.8) is 0 Å². The Kier molecular flexibility index (Phi) is 4.89. The minimum Gasteiger partial charge on any atom is -0.370 e. The van der Waals surface area contributed by atoms with Gasteiger partial charge in [-0.25, -0.2) is 0 Å². The van der Waals surface area contributed by atoms with Gasteiger partial charge in [0.15, 0.2) is 0 Å². The lowest BCUT2D eigenvalue weighted by molar-refractivity contribution is -0.125. The van der Waals surface area contributed by atoms with Crippen LogP contribution < -0.4 is 11.1 Å². The number of rotatable bonds is 5. The molecule has 0 bridgehead atoms. The van der Waals surface area contributed by atoms with Crippen LogP contribution in [0.5, 0.6) is 0 Å². The van der Waals surface area contributed by atoms with Crippen LogP contribution in [0.2, 0.25) is 0 Å².